The van der Waals surface area contributed by atoms with Crippen LogP contribution in [-0.4, -0.2) is 45.2 Å². The van der Waals surface area contributed by atoms with Crippen molar-refractivity contribution in [3.63, 3.8) is 0 Å². The summed E-state index contributed by atoms with van der Waals surface area (Å²) in [4.78, 5) is 12.9. The van der Waals surface area contributed by atoms with E-state index >= 15 is 0 Å². The van der Waals surface area contributed by atoms with Crippen molar-refractivity contribution in [2.24, 2.45) is 0 Å². The number of ketones is 1. The van der Waals surface area contributed by atoms with E-state index in [1.807, 2.05) is 36.4 Å². The van der Waals surface area contributed by atoms with Gasteiger partial charge in [-0.2, -0.15) is 0 Å². The number of thioether (sulfide) groups is 1. The molecule has 0 radical (unpaired) electrons. The highest BCUT2D eigenvalue weighted by atomic mass is 32.2. The molecule has 6 nitrogen and oxygen atoms in total. The first kappa shape index (κ1) is 22.7. The lowest BCUT2D eigenvalue weighted by Gasteiger charge is -2.41. The summed E-state index contributed by atoms with van der Waals surface area (Å²) in [5, 5.41) is 5.40. The molecule has 5 rings (SSSR count). The Labute approximate surface area is 199 Å². The lowest BCUT2D eigenvalue weighted by atomic mass is 9.82. The number of ether oxygens (including phenoxy) is 1. The highest BCUT2D eigenvalue weighted by Gasteiger charge is 2.41. The molecule has 1 spiro atoms. The van der Waals surface area contributed by atoms with Crippen LogP contribution in [0.2, 0.25) is 0 Å². The zero-order chi connectivity index (χ0) is 23.1. The first-order valence-corrected chi connectivity index (χ1v) is 14.2. The number of nitrogens with one attached hydrogen (secondary N) is 2. The summed E-state index contributed by atoms with van der Waals surface area (Å²) in [6.45, 7) is 1.68. The lowest BCUT2D eigenvalue weighted by Crippen LogP contribution is -2.49. The summed E-state index contributed by atoms with van der Waals surface area (Å²) in [7, 11) is -3.44. The molecule has 2 aromatic carbocycles. The molecule has 2 aromatic rings. The van der Waals surface area contributed by atoms with Crippen LogP contribution in [0.3, 0.4) is 0 Å². The number of rotatable bonds is 5. The van der Waals surface area contributed by atoms with E-state index in [2.05, 4.69) is 21.5 Å². The summed E-state index contributed by atoms with van der Waals surface area (Å²) < 4.78 is 33.8. The Hall–Kier alpha value is -2.13. The first-order valence-electron chi connectivity index (χ1n) is 11.3. The van der Waals surface area contributed by atoms with Crippen LogP contribution in [0.5, 0.6) is 5.75 Å². The second kappa shape index (κ2) is 8.91. The minimum absolute atomic E-state index is 0.121. The van der Waals surface area contributed by atoms with Crippen molar-refractivity contribution in [2.45, 2.75) is 43.1 Å². The van der Waals surface area contributed by atoms with Gasteiger partial charge in [0, 0.05) is 18.6 Å². The molecular weight excluding hydrogens is 456 g/mol. The molecule has 1 fully saturated rings. The zero-order valence-electron chi connectivity index (χ0n) is 18.6. The SMILES string of the molecule is CS(=O)(=O)NC(Cc1ccc2c(c1)OC1(CCNCC1)CC2=O)C1=CSCc2ccccc21. The van der Waals surface area contributed by atoms with Crippen molar-refractivity contribution in [1.29, 1.82) is 0 Å². The van der Waals surface area contributed by atoms with Crippen molar-refractivity contribution in [1.82, 2.24) is 10.0 Å². The minimum atomic E-state index is -3.44. The van der Waals surface area contributed by atoms with Crippen LogP contribution in [-0.2, 0) is 22.2 Å². The van der Waals surface area contributed by atoms with Gasteiger partial charge in [-0.25, -0.2) is 13.1 Å². The molecule has 8 heteroatoms. The van der Waals surface area contributed by atoms with Gasteiger partial charge >= 0.3 is 0 Å². The van der Waals surface area contributed by atoms with E-state index < -0.39 is 21.7 Å². The molecule has 1 unspecified atom stereocenters. The molecule has 3 aliphatic rings. The Balaban J connectivity index is 1.47. The molecule has 0 amide bonds. The average Bonchev–Trinajstić information content (AvgIpc) is 2.77. The smallest absolute Gasteiger partial charge is 0.209 e. The summed E-state index contributed by atoms with van der Waals surface area (Å²) in [6.07, 6.45) is 3.69. The monoisotopic (exact) mass is 484 g/mol. The van der Waals surface area contributed by atoms with E-state index in [9.17, 15) is 13.2 Å². The average molecular weight is 485 g/mol. The second-order valence-corrected chi connectivity index (χ2v) is 11.8. The summed E-state index contributed by atoms with van der Waals surface area (Å²) in [6, 6.07) is 13.4. The summed E-state index contributed by atoms with van der Waals surface area (Å²) >= 11 is 1.68. The molecule has 33 heavy (non-hydrogen) atoms. The third-order valence-corrected chi connectivity index (χ3v) is 8.23. The number of Topliss-reactive ketones (excluding diaryl/α,β-unsaturated/α-hetero) is 1. The maximum absolute atomic E-state index is 12.9. The standard InChI is InChI=1S/C25H28N2O4S2/c1-33(29,30)27-22(21-16-32-15-18-4-2-3-5-19(18)21)12-17-6-7-20-23(28)14-25(31-24(20)13-17)8-10-26-11-9-25/h2-7,13,16,22,26-27H,8-12,14-15H2,1H3. The Bertz CT molecular complexity index is 1220. The van der Waals surface area contributed by atoms with Crippen LogP contribution >= 0.6 is 11.8 Å². The van der Waals surface area contributed by atoms with Gasteiger partial charge in [0.05, 0.1) is 24.3 Å². The van der Waals surface area contributed by atoms with Gasteiger partial charge < -0.3 is 10.1 Å². The van der Waals surface area contributed by atoms with Crippen LogP contribution in [0.25, 0.3) is 5.57 Å². The molecule has 0 bridgehead atoms. The molecule has 1 saturated heterocycles. The molecule has 2 N–H and O–H groups in total. The second-order valence-electron chi connectivity index (χ2n) is 9.15. The van der Waals surface area contributed by atoms with Gasteiger partial charge in [0.1, 0.15) is 11.4 Å². The molecule has 0 saturated carbocycles. The van der Waals surface area contributed by atoms with Crippen LogP contribution in [0.4, 0.5) is 0 Å². The molecule has 174 valence electrons. The fourth-order valence-electron chi connectivity index (χ4n) is 5.02. The minimum Gasteiger partial charge on any atom is -0.486 e. The third-order valence-electron chi connectivity index (χ3n) is 6.62. The number of hydrogen-bond acceptors (Lipinski definition) is 6. The van der Waals surface area contributed by atoms with E-state index in [0.717, 1.165) is 48.4 Å². The molecule has 0 aliphatic carbocycles. The maximum atomic E-state index is 12.9. The summed E-state index contributed by atoms with van der Waals surface area (Å²) in [5.41, 5.74) is 4.37. The van der Waals surface area contributed by atoms with Crippen molar-refractivity contribution in [3.05, 3.63) is 70.1 Å². The summed E-state index contributed by atoms with van der Waals surface area (Å²) in [5.74, 6) is 1.61. The van der Waals surface area contributed by atoms with E-state index in [1.54, 1.807) is 11.8 Å². The van der Waals surface area contributed by atoms with Crippen LogP contribution in [0, 0.1) is 0 Å². The first-order chi connectivity index (χ1) is 15.8. The fourth-order valence-corrected chi connectivity index (χ4v) is 6.73. The van der Waals surface area contributed by atoms with E-state index in [0.29, 0.717) is 24.2 Å². The van der Waals surface area contributed by atoms with Gasteiger partial charge in [-0.05, 0) is 59.3 Å². The highest BCUT2D eigenvalue weighted by Crippen LogP contribution is 2.39. The maximum Gasteiger partial charge on any atom is 0.209 e. The van der Waals surface area contributed by atoms with Gasteiger partial charge in [0.15, 0.2) is 5.78 Å². The van der Waals surface area contributed by atoms with Crippen LogP contribution in [0.15, 0.2) is 47.9 Å². The molecule has 3 heterocycles. The third kappa shape index (κ3) is 4.89. The molecule has 0 aromatic heterocycles. The van der Waals surface area contributed by atoms with Crippen molar-refractivity contribution < 1.29 is 17.9 Å². The van der Waals surface area contributed by atoms with E-state index in [4.69, 9.17) is 4.74 Å². The normalized spacial score (nSPS) is 20.4. The number of hydrogen-bond donors (Lipinski definition) is 2. The van der Waals surface area contributed by atoms with Gasteiger partial charge in [0.25, 0.3) is 0 Å². The number of carbonyl (C=O) groups excluding carboxylic acids is 1. The fraction of sp³-hybridized carbons (Fsp3) is 0.400. The Kier molecular flexibility index (Phi) is 6.11. The molecule has 1 atom stereocenters. The number of fused-ring (bicyclic) bond motifs is 2. The predicted molar refractivity (Wildman–Crippen MR) is 132 cm³/mol. The van der Waals surface area contributed by atoms with E-state index in [1.165, 1.54) is 11.8 Å². The predicted octanol–water partition coefficient (Wildman–Crippen LogP) is 3.52. The van der Waals surface area contributed by atoms with Crippen LogP contribution < -0.4 is 14.8 Å². The largest absolute Gasteiger partial charge is 0.486 e. The van der Waals surface area contributed by atoms with Crippen molar-refractivity contribution in [2.75, 3.05) is 19.3 Å². The lowest BCUT2D eigenvalue weighted by molar-refractivity contribution is 0.0187. The van der Waals surface area contributed by atoms with Crippen molar-refractivity contribution in [3.8, 4) is 5.75 Å². The Morgan fingerprint density at radius 2 is 1.94 bits per heavy atom. The number of piperidine rings is 1. The quantitative estimate of drug-likeness (QED) is 0.676. The van der Waals surface area contributed by atoms with Crippen LogP contribution in [0.1, 0.15) is 46.3 Å². The topological polar surface area (TPSA) is 84.5 Å². The number of carbonyl (C=O) groups is 1. The van der Waals surface area contributed by atoms with Crippen molar-refractivity contribution >= 4 is 33.1 Å². The Morgan fingerprint density at radius 1 is 1.15 bits per heavy atom. The van der Waals surface area contributed by atoms with E-state index in [-0.39, 0.29) is 5.78 Å². The highest BCUT2D eigenvalue weighted by molar-refractivity contribution is 8.01. The molecule has 3 aliphatic heterocycles. The zero-order valence-corrected chi connectivity index (χ0v) is 20.2. The van der Waals surface area contributed by atoms with Gasteiger partial charge in [-0.1, -0.05) is 30.3 Å². The molecular formula is C25H28N2O4S2. The van der Waals surface area contributed by atoms with Gasteiger partial charge in [-0.15, -0.1) is 11.8 Å². The Morgan fingerprint density at radius 3 is 2.73 bits per heavy atom. The van der Waals surface area contributed by atoms with Gasteiger partial charge in [-0.3, -0.25) is 4.79 Å². The number of benzene rings is 2. The number of sulfonamides is 1. The van der Waals surface area contributed by atoms with Gasteiger partial charge in [0.2, 0.25) is 10.0 Å².